The number of hydrogen-bond acceptors (Lipinski definition) is 4. The lowest BCUT2D eigenvalue weighted by Gasteiger charge is -2.16. The topological polar surface area (TPSA) is 81.4 Å². The van der Waals surface area contributed by atoms with Crippen molar-refractivity contribution in [1.29, 1.82) is 0 Å². The van der Waals surface area contributed by atoms with Gasteiger partial charge in [0.2, 0.25) is 5.91 Å². The van der Waals surface area contributed by atoms with Gasteiger partial charge in [-0.05, 0) is 22.3 Å². The number of nitrogens with one attached hydrogen (secondary N) is 1. The zero-order valence-corrected chi connectivity index (χ0v) is 13.8. The molecule has 1 aliphatic rings. The molecule has 0 aliphatic heterocycles. The quantitative estimate of drug-likeness (QED) is 0.729. The third-order valence-electron chi connectivity index (χ3n) is 4.16. The number of carbonyl (C=O) groups is 2. The molecule has 0 aromatic heterocycles. The van der Waals surface area contributed by atoms with Crippen LogP contribution in [0.5, 0.6) is 0 Å². The molecule has 0 saturated heterocycles. The fourth-order valence-corrected chi connectivity index (χ4v) is 3.26. The number of primary amides is 1. The molecular weight excluding hydrogens is 324 g/mol. The van der Waals surface area contributed by atoms with Gasteiger partial charge in [-0.1, -0.05) is 48.5 Å². The van der Waals surface area contributed by atoms with E-state index in [-0.39, 0.29) is 18.3 Å². The van der Waals surface area contributed by atoms with Crippen molar-refractivity contribution in [3.63, 3.8) is 0 Å². The zero-order valence-electron chi connectivity index (χ0n) is 12.9. The predicted molar refractivity (Wildman–Crippen MR) is 95.0 cm³/mol. The van der Waals surface area contributed by atoms with Gasteiger partial charge in [-0.15, -0.1) is 0 Å². The Kier molecular flexibility index (Phi) is 4.76. The predicted octanol–water partition coefficient (Wildman–Crippen LogP) is 2.31. The summed E-state index contributed by atoms with van der Waals surface area (Å²) < 4.78 is 5.33. The maximum atomic E-state index is 11.9. The average Bonchev–Trinajstić information content (AvgIpc) is 2.91. The second-order valence-corrected chi connectivity index (χ2v) is 5.97. The Morgan fingerprint density at radius 2 is 1.62 bits per heavy atom. The summed E-state index contributed by atoms with van der Waals surface area (Å²) >= 11 is 3.99. The van der Waals surface area contributed by atoms with Gasteiger partial charge in [0.1, 0.15) is 12.6 Å². The highest BCUT2D eigenvalue weighted by Crippen LogP contribution is 2.44. The largest absolute Gasteiger partial charge is 0.449 e. The van der Waals surface area contributed by atoms with E-state index in [2.05, 4.69) is 30.1 Å². The summed E-state index contributed by atoms with van der Waals surface area (Å²) in [4.78, 5) is 23.1. The van der Waals surface area contributed by atoms with E-state index in [0.717, 1.165) is 22.3 Å². The molecule has 1 aliphatic carbocycles. The van der Waals surface area contributed by atoms with Crippen molar-refractivity contribution < 1.29 is 14.3 Å². The second kappa shape index (κ2) is 6.97. The van der Waals surface area contributed by atoms with Crippen LogP contribution >= 0.6 is 12.6 Å². The first-order valence-corrected chi connectivity index (χ1v) is 8.26. The molecule has 3 N–H and O–H groups in total. The number of amides is 2. The summed E-state index contributed by atoms with van der Waals surface area (Å²) in [7, 11) is 0. The van der Waals surface area contributed by atoms with Gasteiger partial charge in [0.05, 0.1) is 0 Å². The zero-order chi connectivity index (χ0) is 17.1. The summed E-state index contributed by atoms with van der Waals surface area (Å²) in [5.41, 5.74) is 9.76. The monoisotopic (exact) mass is 342 g/mol. The molecule has 2 amide bonds. The van der Waals surface area contributed by atoms with Crippen molar-refractivity contribution in [3.8, 4) is 11.1 Å². The van der Waals surface area contributed by atoms with Gasteiger partial charge in [-0.3, -0.25) is 4.79 Å². The number of thiol groups is 1. The van der Waals surface area contributed by atoms with Crippen molar-refractivity contribution in [1.82, 2.24) is 5.32 Å². The van der Waals surface area contributed by atoms with Gasteiger partial charge in [-0.2, -0.15) is 12.6 Å². The molecule has 0 unspecified atom stereocenters. The lowest BCUT2D eigenvalue weighted by atomic mass is 9.98. The Hall–Kier alpha value is -2.47. The highest BCUT2D eigenvalue weighted by atomic mass is 32.1. The van der Waals surface area contributed by atoms with E-state index in [4.69, 9.17) is 10.5 Å². The number of ether oxygens (including phenoxy) is 1. The normalized spacial score (nSPS) is 13.7. The lowest BCUT2D eigenvalue weighted by Crippen LogP contribution is -2.46. The highest BCUT2D eigenvalue weighted by Gasteiger charge is 2.29. The van der Waals surface area contributed by atoms with Gasteiger partial charge in [0.25, 0.3) is 0 Å². The minimum Gasteiger partial charge on any atom is -0.449 e. The number of fused-ring (bicyclic) bond motifs is 3. The molecule has 1 atom stereocenters. The molecule has 0 radical (unpaired) electrons. The van der Waals surface area contributed by atoms with Crippen LogP contribution in [0.15, 0.2) is 48.5 Å². The van der Waals surface area contributed by atoms with E-state index in [9.17, 15) is 9.59 Å². The molecule has 0 heterocycles. The van der Waals surface area contributed by atoms with Crippen LogP contribution in [0.1, 0.15) is 17.0 Å². The molecule has 6 heteroatoms. The smallest absolute Gasteiger partial charge is 0.407 e. The minimum absolute atomic E-state index is 0.0221. The third-order valence-corrected chi connectivity index (χ3v) is 4.53. The Labute approximate surface area is 145 Å². The van der Waals surface area contributed by atoms with E-state index < -0.39 is 18.0 Å². The highest BCUT2D eigenvalue weighted by molar-refractivity contribution is 7.80. The lowest BCUT2D eigenvalue weighted by molar-refractivity contribution is -0.119. The van der Waals surface area contributed by atoms with E-state index >= 15 is 0 Å². The maximum Gasteiger partial charge on any atom is 0.407 e. The number of alkyl carbamates (subject to hydrolysis) is 1. The summed E-state index contributed by atoms with van der Waals surface area (Å²) in [6.07, 6.45) is -0.672. The van der Waals surface area contributed by atoms with Crippen LogP contribution in [0.4, 0.5) is 4.79 Å². The molecule has 0 spiro atoms. The van der Waals surface area contributed by atoms with Gasteiger partial charge < -0.3 is 15.8 Å². The van der Waals surface area contributed by atoms with Crippen LogP contribution in [0.3, 0.4) is 0 Å². The number of carbonyl (C=O) groups excluding carboxylic acids is 2. The van der Waals surface area contributed by atoms with Crippen molar-refractivity contribution in [3.05, 3.63) is 59.7 Å². The molecule has 5 nitrogen and oxygen atoms in total. The average molecular weight is 342 g/mol. The Morgan fingerprint density at radius 1 is 1.08 bits per heavy atom. The van der Waals surface area contributed by atoms with Crippen LogP contribution in [-0.2, 0) is 9.53 Å². The first kappa shape index (κ1) is 16.4. The van der Waals surface area contributed by atoms with E-state index in [0.29, 0.717) is 0 Å². The summed E-state index contributed by atoms with van der Waals surface area (Å²) in [6.45, 7) is 0.192. The van der Waals surface area contributed by atoms with Crippen LogP contribution in [0.2, 0.25) is 0 Å². The minimum atomic E-state index is -0.844. The van der Waals surface area contributed by atoms with Crippen LogP contribution in [0, 0.1) is 0 Å². The number of hydrogen-bond donors (Lipinski definition) is 3. The van der Waals surface area contributed by atoms with Crippen LogP contribution in [-0.4, -0.2) is 30.4 Å². The first-order chi connectivity index (χ1) is 11.6. The summed E-state index contributed by atoms with van der Waals surface area (Å²) in [6, 6.07) is 15.3. The third kappa shape index (κ3) is 3.10. The molecule has 0 bridgehead atoms. The molecular formula is C18H18N2O3S. The molecule has 0 fully saturated rings. The second-order valence-electron chi connectivity index (χ2n) is 5.61. The summed E-state index contributed by atoms with van der Waals surface area (Å²) in [5.74, 6) is -0.538. The van der Waals surface area contributed by atoms with Gasteiger partial charge in [0.15, 0.2) is 0 Å². The van der Waals surface area contributed by atoms with Crippen molar-refractivity contribution in [2.24, 2.45) is 5.73 Å². The standard InChI is InChI=1S/C18H18N2O3S/c19-17(21)16(10-24)20-18(22)23-9-15-13-7-3-1-5-11(13)12-6-2-4-8-14(12)15/h1-8,15-16,24H,9-10H2,(H2,19,21)(H,20,22)/t16-/m0/s1. The Balaban J connectivity index is 1.74. The van der Waals surface area contributed by atoms with Crippen molar-refractivity contribution in [2.75, 3.05) is 12.4 Å². The van der Waals surface area contributed by atoms with Crippen molar-refractivity contribution >= 4 is 24.6 Å². The Morgan fingerprint density at radius 3 is 2.12 bits per heavy atom. The summed E-state index contributed by atoms with van der Waals surface area (Å²) in [5, 5.41) is 2.43. The Bertz CT molecular complexity index is 733. The molecule has 0 saturated carbocycles. The van der Waals surface area contributed by atoms with E-state index in [1.807, 2.05) is 36.4 Å². The fraction of sp³-hybridized carbons (Fsp3) is 0.222. The van der Waals surface area contributed by atoms with E-state index in [1.165, 1.54) is 0 Å². The molecule has 2 aromatic carbocycles. The van der Waals surface area contributed by atoms with Gasteiger partial charge in [-0.25, -0.2) is 4.79 Å². The van der Waals surface area contributed by atoms with Crippen molar-refractivity contribution in [2.45, 2.75) is 12.0 Å². The van der Waals surface area contributed by atoms with Gasteiger partial charge in [0, 0.05) is 11.7 Å². The molecule has 3 rings (SSSR count). The fourth-order valence-electron chi connectivity index (χ4n) is 2.99. The SMILES string of the molecule is NC(=O)[C@H](CS)NC(=O)OCC1c2ccccc2-c2ccccc21. The number of rotatable bonds is 5. The van der Waals surface area contributed by atoms with Crippen LogP contribution < -0.4 is 11.1 Å². The number of benzene rings is 2. The first-order valence-electron chi connectivity index (χ1n) is 7.63. The molecule has 24 heavy (non-hydrogen) atoms. The van der Waals surface area contributed by atoms with E-state index in [1.54, 1.807) is 0 Å². The van der Waals surface area contributed by atoms with Gasteiger partial charge >= 0.3 is 6.09 Å². The maximum absolute atomic E-state index is 11.9. The molecule has 124 valence electrons. The number of nitrogens with two attached hydrogens (primary N) is 1. The molecule has 2 aromatic rings. The van der Waals surface area contributed by atoms with Crippen LogP contribution in [0.25, 0.3) is 11.1 Å².